The first-order valence-electron chi connectivity index (χ1n) is 5.94. The molecule has 0 saturated carbocycles. The molecule has 0 bridgehead atoms. The van der Waals surface area contributed by atoms with Gasteiger partial charge in [0.25, 0.3) is 0 Å². The van der Waals surface area contributed by atoms with Crippen LogP contribution in [0.1, 0.15) is 12.8 Å². The zero-order chi connectivity index (χ0) is 11.9. The number of rotatable bonds is 6. The van der Waals surface area contributed by atoms with Gasteiger partial charge in [0.15, 0.2) is 0 Å². The molecule has 0 fully saturated rings. The van der Waals surface area contributed by atoms with E-state index < -0.39 is 0 Å². The van der Waals surface area contributed by atoms with Crippen LogP contribution in [0.15, 0.2) is 42.9 Å². The Bertz CT molecular complexity index is 436. The van der Waals surface area contributed by atoms with Gasteiger partial charge in [0.1, 0.15) is 5.82 Å². The van der Waals surface area contributed by atoms with Gasteiger partial charge in [-0.05, 0) is 43.7 Å². The summed E-state index contributed by atoms with van der Waals surface area (Å²) in [6, 6.07) is 8.01. The first-order valence-corrected chi connectivity index (χ1v) is 5.94. The molecule has 4 nitrogen and oxygen atoms in total. The van der Waals surface area contributed by atoms with E-state index in [1.165, 1.54) is 0 Å². The lowest BCUT2D eigenvalue weighted by atomic mass is 10.3. The SMILES string of the molecule is NCCCCNc1ncccc1-n1cccc1. The number of nitrogens with two attached hydrogens (primary N) is 1. The number of hydrogen-bond donors (Lipinski definition) is 2. The second kappa shape index (κ2) is 6.06. The third kappa shape index (κ3) is 3.07. The van der Waals surface area contributed by atoms with Gasteiger partial charge in [-0.1, -0.05) is 0 Å². The van der Waals surface area contributed by atoms with Crippen molar-refractivity contribution in [2.45, 2.75) is 12.8 Å². The molecule has 0 radical (unpaired) electrons. The predicted molar refractivity (Wildman–Crippen MR) is 70.3 cm³/mol. The molecule has 2 heterocycles. The van der Waals surface area contributed by atoms with Crippen molar-refractivity contribution in [3.63, 3.8) is 0 Å². The van der Waals surface area contributed by atoms with Crippen molar-refractivity contribution in [1.82, 2.24) is 9.55 Å². The Morgan fingerprint density at radius 3 is 2.76 bits per heavy atom. The molecule has 0 saturated heterocycles. The summed E-state index contributed by atoms with van der Waals surface area (Å²) in [5, 5.41) is 3.35. The number of hydrogen-bond acceptors (Lipinski definition) is 3. The number of anilines is 1. The molecule has 0 aliphatic heterocycles. The van der Waals surface area contributed by atoms with E-state index in [0.717, 1.165) is 37.4 Å². The molecule has 0 aliphatic carbocycles. The van der Waals surface area contributed by atoms with Crippen LogP contribution in [0.2, 0.25) is 0 Å². The Hall–Kier alpha value is -1.81. The molecule has 4 heteroatoms. The predicted octanol–water partition coefficient (Wildman–Crippen LogP) is 2.02. The topological polar surface area (TPSA) is 55.9 Å². The zero-order valence-electron chi connectivity index (χ0n) is 9.84. The first kappa shape index (κ1) is 11.7. The summed E-state index contributed by atoms with van der Waals surface area (Å²) in [7, 11) is 0. The molecule has 3 N–H and O–H groups in total. The van der Waals surface area contributed by atoms with Crippen LogP contribution in [0, 0.1) is 0 Å². The van der Waals surface area contributed by atoms with Gasteiger partial charge < -0.3 is 15.6 Å². The van der Waals surface area contributed by atoms with Crippen LogP contribution in [0.5, 0.6) is 0 Å². The number of aromatic nitrogens is 2. The lowest BCUT2D eigenvalue weighted by Crippen LogP contribution is -2.09. The fraction of sp³-hybridized carbons (Fsp3) is 0.308. The van der Waals surface area contributed by atoms with Gasteiger partial charge in [0, 0.05) is 25.1 Å². The van der Waals surface area contributed by atoms with Crippen molar-refractivity contribution in [3.05, 3.63) is 42.9 Å². The van der Waals surface area contributed by atoms with Gasteiger partial charge in [0.2, 0.25) is 0 Å². The molecule has 90 valence electrons. The highest BCUT2D eigenvalue weighted by molar-refractivity contribution is 5.55. The minimum absolute atomic E-state index is 0.744. The normalized spacial score (nSPS) is 10.4. The summed E-state index contributed by atoms with van der Waals surface area (Å²) in [6.07, 6.45) is 7.94. The van der Waals surface area contributed by atoms with Crippen molar-refractivity contribution in [2.75, 3.05) is 18.4 Å². The van der Waals surface area contributed by atoms with Crippen molar-refractivity contribution < 1.29 is 0 Å². The number of nitrogens with zero attached hydrogens (tertiary/aromatic N) is 2. The van der Waals surface area contributed by atoms with E-state index >= 15 is 0 Å². The van der Waals surface area contributed by atoms with Crippen LogP contribution in [0.3, 0.4) is 0 Å². The Morgan fingerprint density at radius 2 is 2.00 bits per heavy atom. The molecular formula is C13H18N4. The van der Waals surface area contributed by atoms with Crippen molar-refractivity contribution in [3.8, 4) is 5.69 Å². The highest BCUT2D eigenvalue weighted by atomic mass is 15.1. The Labute approximate surface area is 101 Å². The van der Waals surface area contributed by atoms with Crippen LogP contribution in [-0.4, -0.2) is 22.6 Å². The minimum Gasteiger partial charge on any atom is -0.368 e. The average molecular weight is 230 g/mol. The Morgan fingerprint density at radius 1 is 1.18 bits per heavy atom. The van der Waals surface area contributed by atoms with Crippen molar-refractivity contribution in [2.24, 2.45) is 5.73 Å². The van der Waals surface area contributed by atoms with Crippen LogP contribution in [0.25, 0.3) is 5.69 Å². The number of nitrogens with one attached hydrogen (secondary N) is 1. The van der Waals surface area contributed by atoms with Crippen LogP contribution >= 0.6 is 0 Å². The maximum Gasteiger partial charge on any atom is 0.150 e. The number of unbranched alkanes of at least 4 members (excludes halogenated alkanes) is 1. The third-order valence-corrected chi connectivity index (χ3v) is 2.59. The molecule has 2 aromatic rings. The van der Waals surface area contributed by atoms with Gasteiger partial charge in [0.05, 0.1) is 5.69 Å². The first-order chi connectivity index (χ1) is 8.42. The third-order valence-electron chi connectivity index (χ3n) is 2.59. The van der Waals surface area contributed by atoms with E-state index in [4.69, 9.17) is 5.73 Å². The molecule has 0 atom stereocenters. The monoisotopic (exact) mass is 230 g/mol. The maximum absolute atomic E-state index is 5.47. The molecular weight excluding hydrogens is 212 g/mol. The Kier molecular flexibility index (Phi) is 4.16. The Balaban J connectivity index is 2.06. The number of pyridine rings is 1. The quantitative estimate of drug-likeness (QED) is 0.746. The summed E-state index contributed by atoms with van der Waals surface area (Å²) in [5.74, 6) is 0.917. The van der Waals surface area contributed by atoms with Crippen LogP contribution in [-0.2, 0) is 0 Å². The molecule has 0 spiro atoms. The molecule has 0 aliphatic rings. The van der Waals surface area contributed by atoms with E-state index in [1.54, 1.807) is 6.20 Å². The van der Waals surface area contributed by atoms with E-state index in [2.05, 4.69) is 20.9 Å². The molecule has 0 aromatic carbocycles. The summed E-state index contributed by atoms with van der Waals surface area (Å²) in [6.45, 7) is 1.65. The van der Waals surface area contributed by atoms with Crippen molar-refractivity contribution in [1.29, 1.82) is 0 Å². The fourth-order valence-electron chi connectivity index (χ4n) is 1.71. The highest BCUT2D eigenvalue weighted by Gasteiger charge is 2.03. The molecule has 0 amide bonds. The van der Waals surface area contributed by atoms with Gasteiger partial charge in [-0.25, -0.2) is 4.98 Å². The minimum atomic E-state index is 0.744. The largest absolute Gasteiger partial charge is 0.368 e. The van der Waals surface area contributed by atoms with E-state index in [9.17, 15) is 0 Å². The van der Waals surface area contributed by atoms with Gasteiger partial charge in [-0.15, -0.1) is 0 Å². The van der Waals surface area contributed by atoms with E-state index in [0.29, 0.717) is 0 Å². The van der Waals surface area contributed by atoms with Gasteiger partial charge >= 0.3 is 0 Å². The average Bonchev–Trinajstić information content (AvgIpc) is 2.89. The highest BCUT2D eigenvalue weighted by Crippen LogP contribution is 2.16. The lowest BCUT2D eigenvalue weighted by molar-refractivity contribution is 0.771. The van der Waals surface area contributed by atoms with E-state index in [1.807, 2.05) is 30.6 Å². The van der Waals surface area contributed by atoms with Crippen molar-refractivity contribution >= 4 is 5.82 Å². The summed E-state index contributed by atoms with van der Waals surface area (Å²) < 4.78 is 2.05. The zero-order valence-corrected chi connectivity index (χ0v) is 9.84. The van der Waals surface area contributed by atoms with Crippen LogP contribution < -0.4 is 11.1 Å². The molecule has 0 unspecified atom stereocenters. The fourth-order valence-corrected chi connectivity index (χ4v) is 1.71. The van der Waals surface area contributed by atoms with Crippen LogP contribution in [0.4, 0.5) is 5.82 Å². The second-order valence-electron chi connectivity index (χ2n) is 3.88. The van der Waals surface area contributed by atoms with E-state index in [-0.39, 0.29) is 0 Å². The summed E-state index contributed by atoms with van der Waals surface area (Å²) in [4.78, 5) is 4.37. The molecule has 17 heavy (non-hydrogen) atoms. The smallest absolute Gasteiger partial charge is 0.150 e. The molecule has 2 rings (SSSR count). The van der Waals surface area contributed by atoms with Gasteiger partial charge in [-0.2, -0.15) is 0 Å². The lowest BCUT2D eigenvalue weighted by Gasteiger charge is -2.11. The summed E-state index contributed by atoms with van der Waals surface area (Å²) in [5.41, 5.74) is 6.54. The maximum atomic E-state index is 5.47. The standard InChI is InChI=1S/C13H18N4/c14-7-1-2-8-15-13-12(6-5-9-16-13)17-10-3-4-11-17/h3-6,9-11H,1-2,7-8,14H2,(H,15,16). The summed E-state index contributed by atoms with van der Waals surface area (Å²) >= 11 is 0. The second-order valence-corrected chi connectivity index (χ2v) is 3.88. The molecule has 2 aromatic heterocycles. The van der Waals surface area contributed by atoms with Gasteiger partial charge in [-0.3, -0.25) is 0 Å².